The van der Waals surface area contributed by atoms with Gasteiger partial charge < -0.3 is 10.1 Å². The van der Waals surface area contributed by atoms with Gasteiger partial charge in [-0.15, -0.1) is 0 Å². The van der Waals surface area contributed by atoms with Crippen LogP contribution in [0.5, 0.6) is 0 Å². The Morgan fingerprint density at radius 1 is 1.26 bits per heavy atom. The first kappa shape index (κ1) is 16.1. The van der Waals surface area contributed by atoms with Gasteiger partial charge in [0.25, 0.3) is 0 Å². The number of methoxy groups -OCH3 is 1. The maximum absolute atomic E-state index is 13.6. The summed E-state index contributed by atoms with van der Waals surface area (Å²) >= 11 is 0. The summed E-state index contributed by atoms with van der Waals surface area (Å²) in [7, 11) is 1.74. The summed E-state index contributed by atoms with van der Waals surface area (Å²) in [5, 5.41) is 3.47. The molecule has 0 saturated heterocycles. The summed E-state index contributed by atoms with van der Waals surface area (Å²) in [6.45, 7) is 9.14. The minimum atomic E-state index is -0.297. The van der Waals surface area contributed by atoms with Crippen LogP contribution in [0.15, 0.2) is 18.2 Å². The highest BCUT2D eigenvalue weighted by molar-refractivity contribution is 5.32. The molecule has 0 spiro atoms. The summed E-state index contributed by atoms with van der Waals surface area (Å²) in [6, 6.07) is 4.98. The lowest BCUT2D eigenvalue weighted by Gasteiger charge is -2.40. The van der Waals surface area contributed by atoms with E-state index in [4.69, 9.17) is 4.74 Å². The average Bonchev–Trinajstić information content (AvgIpc) is 2.43. The molecule has 0 heterocycles. The quantitative estimate of drug-likeness (QED) is 0.806. The van der Waals surface area contributed by atoms with E-state index in [0.717, 1.165) is 30.5 Å². The van der Waals surface area contributed by atoms with Crippen LogP contribution in [0, 0.1) is 12.7 Å². The molecule has 108 valence electrons. The molecule has 0 radical (unpaired) electrons. The van der Waals surface area contributed by atoms with Crippen LogP contribution in [0.4, 0.5) is 4.39 Å². The number of benzene rings is 1. The predicted octanol–water partition coefficient (Wildman–Crippen LogP) is 3.99. The van der Waals surface area contributed by atoms with Crippen LogP contribution in [-0.2, 0) is 4.74 Å². The molecule has 2 nitrogen and oxygen atoms in total. The zero-order chi connectivity index (χ0) is 14.5. The van der Waals surface area contributed by atoms with Crippen LogP contribution in [0.25, 0.3) is 0 Å². The van der Waals surface area contributed by atoms with Gasteiger partial charge >= 0.3 is 0 Å². The number of likely N-dealkylation sites (N-methyl/N-ethyl adjacent to an activating group) is 1. The van der Waals surface area contributed by atoms with Crippen LogP contribution >= 0.6 is 0 Å². The zero-order valence-electron chi connectivity index (χ0n) is 12.7. The van der Waals surface area contributed by atoms with E-state index in [1.54, 1.807) is 13.2 Å². The first-order chi connectivity index (χ1) is 9.04. The minimum Gasteiger partial charge on any atom is -0.376 e. The lowest BCUT2D eigenvalue weighted by molar-refractivity contribution is -0.0484. The minimum absolute atomic E-state index is 0.00759. The van der Waals surface area contributed by atoms with Crippen molar-refractivity contribution in [1.29, 1.82) is 0 Å². The molecule has 0 saturated carbocycles. The fraction of sp³-hybridized carbons (Fsp3) is 0.625. The summed E-state index contributed by atoms with van der Waals surface area (Å²) in [5.74, 6) is -0.194. The molecule has 1 N–H and O–H groups in total. The van der Waals surface area contributed by atoms with Gasteiger partial charge in [-0.05, 0) is 49.6 Å². The van der Waals surface area contributed by atoms with Gasteiger partial charge in [0.05, 0.1) is 11.6 Å². The van der Waals surface area contributed by atoms with E-state index in [9.17, 15) is 4.39 Å². The number of ether oxygens (including phenoxy) is 1. The number of halogens is 1. The van der Waals surface area contributed by atoms with Gasteiger partial charge in [0, 0.05) is 7.11 Å². The fourth-order valence-electron chi connectivity index (χ4n) is 2.77. The number of hydrogen-bond acceptors (Lipinski definition) is 2. The van der Waals surface area contributed by atoms with E-state index in [2.05, 4.69) is 26.1 Å². The van der Waals surface area contributed by atoms with Crippen molar-refractivity contribution in [3.05, 3.63) is 35.1 Å². The first-order valence-electron chi connectivity index (χ1n) is 7.09. The fourth-order valence-corrected chi connectivity index (χ4v) is 2.77. The van der Waals surface area contributed by atoms with Gasteiger partial charge in [-0.2, -0.15) is 0 Å². The van der Waals surface area contributed by atoms with Crippen LogP contribution in [0.3, 0.4) is 0 Å². The van der Waals surface area contributed by atoms with Gasteiger partial charge in [-0.1, -0.05) is 26.8 Å². The molecule has 1 aromatic carbocycles. The summed E-state index contributed by atoms with van der Waals surface area (Å²) in [6.07, 6.45) is 1.77. The van der Waals surface area contributed by atoms with Crippen LogP contribution in [-0.4, -0.2) is 19.3 Å². The van der Waals surface area contributed by atoms with Crippen molar-refractivity contribution in [1.82, 2.24) is 5.32 Å². The van der Waals surface area contributed by atoms with Gasteiger partial charge in [0.2, 0.25) is 0 Å². The third kappa shape index (κ3) is 3.34. The molecule has 0 aliphatic rings. The average molecular weight is 267 g/mol. The molecule has 0 aliphatic carbocycles. The van der Waals surface area contributed by atoms with Gasteiger partial charge in [0.1, 0.15) is 5.82 Å². The summed E-state index contributed by atoms with van der Waals surface area (Å²) in [5.41, 5.74) is 1.79. The van der Waals surface area contributed by atoms with Gasteiger partial charge in [0.15, 0.2) is 0 Å². The predicted molar refractivity (Wildman–Crippen MR) is 77.9 cm³/mol. The molecule has 0 aromatic heterocycles. The smallest absolute Gasteiger partial charge is 0.123 e. The van der Waals surface area contributed by atoms with Crippen molar-refractivity contribution in [3.63, 3.8) is 0 Å². The van der Waals surface area contributed by atoms with Crippen LogP contribution in [0.2, 0.25) is 0 Å². The molecule has 1 unspecified atom stereocenters. The molecule has 0 aliphatic heterocycles. The van der Waals surface area contributed by atoms with Crippen molar-refractivity contribution < 1.29 is 9.13 Å². The summed E-state index contributed by atoms with van der Waals surface area (Å²) < 4.78 is 19.4. The second kappa shape index (κ2) is 7.01. The van der Waals surface area contributed by atoms with Gasteiger partial charge in [-0.25, -0.2) is 4.39 Å². The van der Waals surface area contributed by atoms with Crippen molar-refractivity contribution in [2.24, 2.45) is 0 Å². The Morgan fingerprint density at radius 3 is 2.37 bits per heavy atom. The summed E-state index contributed by atoms with van der Waals surface area (Å²) in [4.78, 5) is 0. The highest BCUT2D eigenvalue weighted by Gasteiger charge is 2.37. The van der Waals surface area contributed by atoms with E-state index in [1.165, 1.54) is 6.07 Å². The maximum Gasteiger partial charge on any atom is 0.123 e. The Hall–Kier alpha value is -0.930. The Morgan fingerprint density at radius 2 is 1.89 bits per heavy atom. The Kier molecular flexibility index (Phi) is 5.95. The van der Waals surface area contributed by atoms with E-state index >= 15 is 0 Å². The van der Waals surface area contributed by atoms with E-state index < -0.39 is 0 Å². The Bertz CT molecular complexity index is 393. The number of aryl methyl sites for hydroxylation is 1. The van der Waals surface area contributed by atoms with Crippen LogP contribution < -0.4 is 5.32 Å². The maximum atomic E-state index is 13.6. The molecular formula is C16H26FNO. The van der Waals surface area contributed by atoms with E-state index in [-0.39, 0.29) is 17.5 Å². The normalized spacial score (nSPS) is 13.6. The molecule has 1 atom stereocenters. The van der Waals surface area contributed by atoms with E-state index in [0.29, 0.717) is 0 Å². The third-order valence-corrected chi connectivity index (χ3v) is 4.09. The first-order valence-corrected chi connectivity index (χ1v) is 7.09. The van der Waals surface area contributed by atoms with Crippen molar-refractivity contribution in [2.75, 3.05) is 13.7 Å². The lowest BCUT2D eigenvalue weighted by Crippen LogP contribution is -2.45. The SMILES string of the molecule is CCNC(c1cc(F)ccc1C)C(CC)(CC)OC. The standard InChI is InChI=1S/C16H26FNO/c1-6-16(7-2,19-5)15(18-8-3)14-11-13(17)10-9-12(14)4/h9-11,15,18H,6-8H2,1-5H3. The zero-order valence-corrected chi connectivity index (χ0v) is 12.7. The lowest BCUT2D eigenvalue weighted by atomic mass is 9.82. The monoisotopic (exact) mass is 267 g/mol. The largest absolute Gasteiger partial charge is 0.376 e. The number of rotatable bonds is 7. The molecule has 19 heavy (non-hydrogen) atoms. The highest BCUT2D eigenvalue weighted by Crippen LogP contribution is 2.36. The molecule has 1 aromatic rings. The molecule has 0 fully saturated rings. The third-order valence-electron chi connectivity index (χ3n) is 4.09. The Labute approximate surface area is 116 Å². The molecule has 0 amide bonds. The molecule has 1 rings (SSSR count). The van der Waals surface area contributed by atoms with E-state index in [1.807, 2.05) is 13.0 Å². The second-order valence-corrected chi connectivity index (χ2v) is 4.97. The van der Waals surface area contributed by atoms with Crippen molar-refractivity contribution in [2.45, 2.75) is 52.2 Å². The van der Waals surface area contributed by atoms with Crippen LogP contribution in [0.1, 0.15) is 50.8 Å². The number of nitrogens with one attached hydrogen (secondary N) is 1. The Balaban J connectivity index is 3.29. The second-order valence-electron chi connectivity index (χ2n) is 4.97. The molecular weight excluding hydrogens is 241 g/mol. The highest BCUT2D eigenvalue weighted by atomic mass is 19.1. The number of hydrogen-bond donors (Lipinski definition) is 1. The van der Waals surface area contributed by atoms with Crippen molar-refractivity contribution >= 4 is 0 Å². The molecule has 3 heteroatoms. The van der Waals surface area contributed by atoms with Gasteiger partial charge in [-0.3, -0.25) is 0 Å². The van der Waals surface area contributed by atoms with Crippen molar-refractivity contribution in [3.8, 4) is 0 Å². The molecule has 0 bridgehead atoms. The topological polar surface area (TPSA) is 21.3 Å².